The summed E-state index contributed by atoms with van der Waals surface area (Å²) in [7, 11) is 1.65. The third-order valence-electron chi connectivity index (χ3n) is 3.46. The number of nitrogen functional groups attached to an aromatic ring is 1. The second-order valence-electron chi connectivity index (χ2n) is 4.86. The number of aldehydes is 1. The van der Waals surface area contributed by atoms with Crippen LogP contribution in [0.5, 0.6) is 5.75 Å². The summed E-state index contributed by atoms with van der Waals surface area (Å²) in [6.07, 6.45) is 3.01. The lowest BCUT2D eigenvalue weighted by molar-refractivity contribution is -0.112. The Balaban J connectivity index is 1.97. The molecule has 2 N–H and O–H groups in total. The first-order chi connectivity index (χ1) is 8.71. The molecule has 98 valence electrons. The van der Waals surface area contributed by atoms with Gasteiger partial charge in [-0.15, -0.1) is 0 Å². The fourth-order valence-electron chi connectivity index (χ4n) is 2.40. The number of anilines is 1. The fraction of sp³-hybridized carbons (Fsp3) is 0.500. The molecule has 1 aliphatic heterocycles. The van der Waals surface area contributed by atoms with Crippen molar-refractivity contribution in [3.8, 4) is 5.75 Å². The molecule has 0 amide bonds. The van der Waals surface area contributed by atoms with Crippen molar-refractivity contribution >= 4 is 12.0 Å². The number of piperidine rings is 1. The molecule has 1 heterocycles. The minimum Gasteiger partial charge on any atom is -0.497 e. The van der Waals surface area contributed by atoms with Gasteiger partial charge in [0, 0.05) is 24.2 Å². The number of carbonyl (C=O) groups excluding carboxylic acids is 1. The van der Waals surface area contributed by atoms with E-state index in [4.69, 9.17) is 10.5 Å². The smallest absolute Gasteiger partial charge is 0.123 e. The molecule has 0 saturated carbocycles. The molecule has 0 spiro atoms. The highest BCUT2D eigenvalue weighted by Gasteiger charge is 2.18. The van der Waals surface area contributed by atoms with Crippen LogP contribution in [-0.4, -0.2) is 31.4 Å². The Bertz CT molecular complexity index is 412. The molecule has 18 heavy (non-hydrogen) atoms. The van der Waals surface area contributed by atoms with Gasteiger partial charge in [0.15, 0.2) is 0 Å². The van der Waals surface area contributed by atoms with Crippen molar-refractivity contribution in [1.29, 1.82) is 0 Å². The Morgan fingerprint density at radius 3 is 2.72 bits per heavy atom. The number of nitrogens with two attached hydrogens (primary N) is 1. The van der Waals surface area contributed by atoms with Crippen molar-refractivity contribution in [2.75, 3.05) is 25.9 Å². The number of nitrogens with zero attached hydrogens (tertiary/aromatic N) is 1. The van der Waals surface area contributed by atoms with Gasteiger partial charge in [-0.3, -0.25) is 4.90 Å². The zero-order valence-electron chi connectivity index (χ0n) is 10.8. The van der Waals surface area contributed by atoms with E-state index in [-0.39, 0.29) is 5.92 Å². The predicted octanol–water partition coefficient (Wildman–Crippen LogP) is 1.69. The minimum atomic E-state index is 0.247. The summed E-state index contributed by atoms with van der Waals surface area (Å²) in [5.74, 6) is 1.05. The monoisotopic (exact) mass is 248 g/mol. The van der Waals surface area contributed by atoms with Crippen LogP contribution in [0.2, 0.25) is 0 Å². The van der Waals surface area contributed by atoms with E-state index in [1.807, 2.05) is 18.2 Å². The lowest BCUT2D eigenvalue weighted by atomic mass is 9.98. The third kappa shape index (κ3) is 3.23. The summed E-state index contributed by atoms with van der Waals surface area (Å²) in [5.41, 5.74) is 7.73. The lowest BCUT2D eigenvalue weighted by Crippen LogP contribution is -2.33. The Labute approximate surface area is 108 Å². The highest BCUT2D eigenvalue weighted by molar-refractivity contribution is 5.53. The van der Waals surface area contributed by atoms with Gasteiger partial charge in [-0.2, -0.15) is 0 Å². The second kappa shape index (κ2) is 5.87. The highest BCUT2D eigenvalue weighted by Crippen LogP contribution is 2.22. The normalized spacial score (nSPS) is 17.6. The molecule has 1 saturated heterocycles. The summed E-state index contributed by atoms with van der Waals surface area (Å²) in [6.45, 7) is 2.81. The average molecular weight is 248 g/mol. The van der Waals surface area contributed by atoms with E-state index in [0.29, 0.717) is 0 Å². The van der Waals surface area contributed by atoms with E-state index in [2.05, 4.69) is 4.90 Å². The molecule has 1 aromatic rings. The molecule has 2 rings (SSSR count). The minimum absolute atomic E-state index is 0.247. The van der Waals surface area contributed by atoms with Crippen molar-refractivity contribution in [2.24, 2.45) is 5.92 Å². The molecule has 0 unspecified atom stereocenters. The number of carbonyl (C=O) groups is 1. The number of ether oxygens (including phenoxy) is 1. The quantitative estimate of drug-likeness (QED) is 0.650. The largest absolute Gasteiger partial charge is 0.497 e. The van der Waals surface area contributed by atoms with Gasteiger partial charge in [-0.1, -0.05) is 0 Å². The molecular formula is C14H20N2O2. The van der Waals surface area contributed by atoms with Crippen molar-refractivity contribution in [3.63, 3.8) is 0 Å². The Hall–Kier alpha value is -1.55. The average Bonchev–Trinajstić information content (AvgIpc) is 2.39. The van der Waals surface area contributed by atoms with Crippen LogP contribution >= 0.6 is 0 Å². The zero-order chi connectivity index (χ0) is 13.0. The fourth-order valence-corrected chi connectivity index (χ4v) is 2.40. The van der Waals surface area contributed by atoms with E-state index in [1.54, 1.807) is 7.11 Å². The molecule has 4 heteroatoms. The third-order valence-corrected chi connectivity index (χ3v) is 3.46. The maximum absolute atomic E-state index is 10.7. The predicted molar refractivity (Wildman–Crippen MR) is 71.5 cm³/mol. The number of rotatable bonds is 4. The molecule has 0 aliphatic carbocycles. The van der Waals surface area contributed by atoms with Gasteiger partial charge < -0.3 is 15.3 Å². The van der Waals surface area contributed by atoms with Crippen LogP contribution in [0.15, 0.2) is 18.2 Å². The SMILES string of the molecule is COc1cc(N)cc(CN2CCC(C=O)CC2)c1. The number of hydrogen-bond acceptors (Lipinski definition) is 4. The van der Waals surface area contributed by atoms with Crippen LogP contribution < -0.4 is 10.5 Å². The first-order valence-corrected chi connectivity index (χ1v) is 6.32. The maximum Gasteiger partial charge on any atom is 0.123 e. The van der Waals surface area contributed by atoms with Crippen molar-refractivity contribution < 1.29 is 9.53 Å². The summed E-state index contributed by atoms with van der Waals surface area (Å²) in [4.78, 5) is 13.1. The summed E-state index contributed by atoms with van der Waals surface area (Å²) in [5, 5.41) is 0. The Kier molecular flexibility index (Phi) is 4.20. The summed E-state index contributed by atoms with van der Waals surface area (Å²) >= 11 is 0. The molecule has 1 aromatic carbocycles. The molecular weight excluding hydrogens is 228 g/mol. The zero-order valence-corrected chi connectivity index (χ0v) is 10.8. The molecule has 1 fully saturated rings. The summed E-state index contributed by atoms with van der Waals surface area (Å²) < 4.78 is 5.21. The molecule has 0 atom stereocenters. The van der Waals surface area contributed by atoms with Crippen molar-refractivity contribution in [1.82, 2.24) is 4.90 Å². The first kappa shape index (κ1) is 12.9. The van der Waals surface area contributed by atoms with E-state index >= 15 is 0 Å². The number of hydrogen-bond donors (Lipinski definition) is 1. The van der Waals surface area contributed by atoms with Gasteiger partial charge >= 0.3 is 0 Å². The van der Waals surface area contributed by atoms with Gasteiger partial charge in [0.25, 0.3) is 0 Å². The lowest BCUT2D eigenvalue weighted by Gasteiger charge is -2.29. The molecule has 0 radical (unpaired) electrons. The van der Waals surface area contributed by atoms with E-state index < -0.39 is 0 Å². The second-order valence-corrected chi connectivity index (χ2v) is 4.86. The highest BCUT2D eigenvalue weighted by atomic mass is 16.5. The standard InChI is InChI=1S/C14H20N2O2/c1-18-14-7-12(6-13(15)8-14)9-16-4-2-11(10-17)3-5-16/h6-8,10-11H,2-5,9,15H2,1H3. The first-order valence-electron chi connectivity index (χ1n) is 6.32. The molecule has 1 aliphatic rings. The van der Waals surface area contributed by atoms with Gasteiger partial charge in [0.1, 0.15) is 12.0 Å². The van der Waals surface area contributed by atoms with E-state index in [9.17, 15) is 4.79 Å². The summed E-state index contributed by atoms with van der Waals surface area (Å²) in [6, 6.07) is 5.82. The van der Waals surface area contributed by atoms with Crippen LogP contribution in [0.4, 0.5) is 5.69 Å². The maximum atomic E-state index is 10.7. The van der Waals surface area contributed by atoms with Crippen LogP contribution in [-0.2, 0) is 11.3 Å². The Morgan fingerprint density at radius 1 is 1.39 bits per heavy atom. The molecule has 4 nitrogen and oxygen atoms in total. The van der Waals surface area contributed by atoms with Gasteiger partial charge in [-0.05, 0) is 43.6 Å². The number of likely N-dealkylation sites (tertiary alicyclic amines) is 1. The van der Waals surface area contributed by atoms with Gasteiger partial charge in [0.2, 0.25) is 0 Å². The van der Waals surface area contributed by atoms with Gasteiger partial charge in [-0.25, -0.2) is 0 Å². The number of benzene rings is 1. The van der Waals surface area contributed by atoms with Crippen LogP contribution in [0, 0.1) is 5.92 Å². The van der Waals surface area contributed by atoms with E-state index in [0.717, 1.165) is 55.8 Å². The molecule has 0 aromatic heterocycles. The van der Waals surface area contributed by atoms with Gasteiger partial charge in [0.05, 0.1) is 7.11 Å². The van der Waals surface area contributed by atoms with Crippen molar-refractivity contribution in [2.45, 2.75) is 19.4 Å². The Morgan fingerprint density at radius 2 is 2.11 bits per heavy atom. The van der Waals surface area contributed by atoms with Crippen molar-refractivity contribution in [3.05, 3.63) is 23.8 Å². The van der Waals surface area contributed by atoms with Crippen LogP contribution in [0.3, 0.4) is 0 Å². The number of methoxy groups -OCH3 is 1. The van der Waals surface area contributed by atoms with Crippen LogP contribution in [0.1, 0.15) is 18.4 Å². The molecule has 0 bridgehead atoms. The topological polar surface area (TPSA) is 55.6 Å². The van der Waals surface area contributed by atoms with Crippen LogP contribution in [0.25, 0.3) is 0 Å². The van der Waals surface area contributed by atoms with E-state index in [1.165, 1.54) is 0 Å².